The zero-order chi connectivity index (χ0) is 25.8. The van der Waals surface area contributed by atoms with E-state index in [2.05, 4.69) is 30.2 Å². The summed E-state index contributed by atoms with van der Waals surface area (Å²) in [5.41, 5.74) is 3.11. The number of alkyl carbamates (subject to hydrolysis) is 1. The maximum absolute atomic E-state index is 13.3. The molecule has 0 saturated carbocycles. The van der Waals surface area contributed by atoms with Crippen LogP contribution in [0.5, 0.6) is 0 Å². The molecular weight excluding hydrogens is 440 g/mol. The van der Waals surface area contributed by atoms with E-state index in [9.17, 15) is 14.9 Å². The molecule has 0 bridgehead atoms. The number of nitriles is 1. The van der Waals surface area contributed by atoms with Gasteiger partial charge in [-0.1, -0.05) is 26.0 Å². The first-order chi connectivity index (χ1) is 16.4. The molecule has 35 heavy (non-hydrogen) atoms. The van der Waals surface area contributed by atoms with Crippen molar-refractivity contribution >= 4 is 28.6 Å². The predicted molar refractivity (Wildman–Crippen MR) is 139 cm³/mol. The third-order valence-corrected chi connectivity index (χ3v) is 5.99. The Labute approximate surface area is 207 Å². The first-order valence-corrected chi connectivity index (χ1v) is 11.9. The molecule has 1 heterocycles. The molecule has 1 aromatic heterocycles. The molecule has 3 aromatic rings. The van der Waals surface area contributed by atoms with Crippen molar-refractivity contribution in [1.29, 1.82) is 5.26 Å². The average molecular weight is 475 g/mol. The third kappa shape index (κ3) is 6.21. The van der Waals surface area contributed by atoms with Crippen LogP contribution in [0.3, 0.4) is 0 Å². The van der Waals surface area contributed by atoms with Crippen molar-refractivity contribution in [2.45, 2.75) is 59.0 Å². The number of nitrogens with one attached hydrogen (secondary N) is 2. The Morgan fingerprint density at radius 2 is 1.77 bits per heavy atom. The Morgan fingerprint density at radius 3 is 2.37 bits per heavy atom. The first kappa shape index (κ1) is 25.8. The van der Waals surface area contributed by atoms with E-state index in [1.165, 1.54) is 0 Å². The molecule has 2 amide bonds. The number of anilines is 1. The van der Waals surface area contributed by atoms with E-state index < -0.39 is 11.7 Å². The summed E-state index contributed by atoms with van der Waals surface area (Å²) in [6.07, 6.45) is 1.97. The molecule has 0 aliphatic heterocycles. The van der Waals surface area contributed by atoms with Gasteiger partial charge in [0.2, 0.25) is 0 Å². The summed E-state index contributed by atoms with van der Waals surface area (Å²) in [4.78, 5) is 30.0. The second-order valence-corrected chi connectivity index (χ2v) is 10.2. The van der Waals surface area contributed by atoms with Crippen molar-refractivity contribution in [3.63, 3.8) is 0 Å². The zero-order valence-electron chi connectivity index (χ0n) is 21.4. The quantitative estimate of drug-likeness (QED) is 0.445. The molecular formula is C28H34N4O3. The lowest BCUT2D eigenvalue weighted by Gasteiger charge is -2.27. The summed E-state index contributed by atoms with van der Waals surface area (Å²) in [5.74, 6) is -0.100. The second-order valence-electron chi connectivity index (χ2n) is 10.2. The monoisotopic (exact) mass is 474 g/mol. The molecule has 7 heteroatoms. The number of ether oxygens (including phenoxy) is 1. The molecule has 0 saturated heterocycles. The number of carbonyl (C=O) groups excluding carboxylic acids is 2. The van der Waals surface area contributed by atoms with Gasteiger partial charge in [-0.15, -0.1) is 0 Å². The molecule has 184 valence electrons. The Balaban J connectivity index is 1.70. The van der Waals surface area contributed by atoms with E-state index >= 15 is 0 Å². The van der Waals surface area contributed by atoms with E-state index in [0.29, 0.717) is 24.2 Å². The Kier molecular flexibility index (Phi) is 7.54. The largest absolute Gasteiger partial charge is 0.444 e. The van der Waals surface area contributed by atoms with E-state index in [-0.39, 0.29) is 11.3 Å². The van der Waals surface area contributed by atoms with Crippen LogP contribution in [0, 0.1) is 11.3 Å². The summed E-state index contributed by atoms with van der Waals surface area (Å²) in [7, 11) is 0. The molecule has 0 fully saturated rings. The van der Waals surface area contributed by atoms with Gasteiger partial charge < -0.3 is 19.9 Å². The maximum atomic E-state index is 13.3. The van der Waals surface area contributed by atoms with Crippen LogP contribution in [0.2, 0.25) is 0 Å². The Hall–Kier alpha value is -3.79. The fourth-order valence-corrected chi connectivity index (χ4v) is 3.97. The number of aromatic amines is 1. The van der Waals surface area contributed by atoms with Crippen LogP contribution in [0.25, 0.3) is 10.9 Å². The summed E-state index contributed by atoms with van der Waals surface area (Å²) in [6, 6.07) is 15.5. The minimum Gasteiger partial charge on any atom is -0.444 e. The van der Waals surface area contributed by atoms with Gasteiger partial charge in [0.1, 0.15) is 11.7 Å². The number of nitrogens with zero attached hydrogens (tertiary/aromatic N) is 2. The second kappa shape index (κ2) is 10.2. The highest BCUT2D eigenvalue weighted by atomic mass is 16.6. The smallest absolute Gasteiger partial charge is 0.407 e. The van der Waals surface area contributed by atoms with Crippen LogP contribution in [0.4, 0.5) is 10.5 Å². The van der Waals surface area contributed by atoms with Gasteiger partial charge in [0.25, 0.3) is 5.91 Å². The molecule has 0 aliphatic rings. The van der Waals surface area contributed by atoms with Crippen LogP contribution in [0.1, 0.15) is 69.4 Å². The standard InChI is InChI=1S/C28H34N4O3/c1-7-32(22-12-13-24-23(16-22)20(17-29)18-31-24)25(33)19-8-10-21(11-9-19)28(5,6)14-15-30-26(34)35-27(2,3)4/h8-13,16,18,31H,7,14-15H2,1-6H3,(H,30,34). The lowest BCUT2D eigenvalue weighted by atomic mass is 9.81. The molecule has 2 N–H and O–H groups in total. The molecule has 0 aliphatic carbocycles. The van der Waals surface area contributed by atoms with E-state index in [0.717, 1.165) is 28.6 Å². The number of aromatic nitrogens is 1. The van der Waals surface area contributed by atoms with E-state index in [1.54, 1.807) is 11.1 Å². The number of rotatable bonds is 7. The van der Waals surface area contributed by atoms with Crippen molar-refractivity contribution in [2.75, 3.05) is 18.0 Å². The summed E-state index contributed by atoms with van der Waals surface area (Å²) in [6.45, 7) is 12.6. The van der Waals surface area contributed by atoms with Crippen molar-refractivity contribution in [1.82, 2.24) is 10.3 Å². The van der Waals surface area contributed by atoms with Crippen LogP contribution in [-0.4, -0.2) is 35.7 Å². The molecule has 0 radical (unpaired) electrons. The highest BCUT2D eigenvalue weighted by molar-refractivity contribution is 6.07. The normalized spacial score (nSPS) is 11.7. The van der Waals surface area contributed by atoms with Gasteiger partial charge in [0.15, 0.2) is 0 Å². The van der Waals surface area contributed by atoms with Gasteiger partial charge in [0.05, 0.1) is 5.56 Å². The van der Waals surface area contributed by atoms with Gasteiger partial charge in [0, 0.05) is 41.4 Å². The van der Waals surface area contributed by atoms with Crippen LogP contribution < -0.4 is 10.2 Å². The molecule has 0 unspecified atom stereocenters. The zero-order valence-corrected chi connectivity index (χ0v) is 21.4. The van der Waals surface area contributed by atoms with Crippen LogP contribution >= 0.6 is 0 Å². The fraction of sp³-hybridized carbons (Fsp3) is 0.393. The first-order valence-electron chi connectivity index (χ1n) is 11.9. The van der Waals surface area contributed by atoms with Crippen LogP contribution in [0.15, 0.2) is 48.7 Å². The van der Waals surface area contributed by atoms with Gasteiger partial charge in [-0.05, 0) is 75.4 Å². The van der Waals surface area contributed by atoms with Crippen molar-refractivity contribution in [2.24, 2.45) is 0 Å². The van der Waals surface area contributed by atoms with E-state index in [1.807, 2.05) is 70.2 Å². The lowest BCUT2D eigenvalue weighted by Crippen LogP contribution is -2.35. The number of hydrogen-bond acceptors (Lipinski definition) is 4. The number of hydrogen-bond donors (Lipinski definition) is 2. The minimum atomic E-state index is -0.528. The summed E-state index contributed by atoms with van der Waals surface area (Å²) >= 11 is 0. The SMILES string of the molecule is CCN(C(=O)c1ccc(C(C)(C)CCNC(=O)OC(C)(C)C)cc1)c1ccc2[nH]cc(C#N)c2c1. The molecule has 7 nitrogen and oxygen atoms in total. The van der Waals surface area contributed by atoms with Gasteiger partial charge in [-0.3, -0.25) is 4.79 Å². The molecule has 3 rings (SSSR count). The van der Waals surface area contributed by atoms with Gasteiger partial charge >= 0.3 is 6.09 Å². The third-order valence-electron chi connectivity index (χ3n) is 5.99. The summed E-state index contributed by atoms with van der Waals surface area (Å²) in [5, 5.41) is 12.9. The van der Waals surface area contributed by atoms with Crippen molar-refractivity contribution in [3.05, 3.63) is 65.4 Å². The molecule has 0 atom stereocenters. The van der Waals surface area contributed by atoms with E-state index in [4.69, 9.17) is 4.74 Å². The number of fused-ring (bicyclic) bond motifs is 1. The highest BCUT2D eigenvalue weighted by Gasteiger charge is 2.23. The maximum Gasteiger partial charge on any atom is 0.407 e. The Morgan fingerprint density at radius 1 is 1.09 bits per heavy atom. The average Bonchev–Trinajstić information content (AvgIpc) is 3.20. The number of H-pyrrole nitrogens is 1. The van der Waals surface area contributed by atoms with Gasteiger partial charge in [-0.2, -0.15) is 5.26 Å². The number of amides is 2. The van der Waals surface area contributed by atoms with Crippen LogP contribution in [-0.2, 0) is 10.2 Å². The highest BCUT2D eigenvalue weighted by Crippen LogP contribution is 2.29. The topological polar surface area (TPSA) is 98.2 Å². The predicted octanol–water partition coefficient (Wildman–Crippen LogP) is 5.90. The number of benzene rings is 2. The number of carbonyl (C=O) groups is 2. The molecule has 2 aromatic carbocycles. The van der Waals surface area contributed by atoms with Crippen molar-refractivity contribution in [3.8, 4) is 6.07 Å². The lowest BCUT2D eigenvalue weighted by molar-refractivity contribution is 0.0524. The summed E-state index contributed by atoms with van der Waals surface area (Å²) < 4.78 is 5.29. The Bertz CT molecular complexity index is 1240. The fourth-order valence-electron chi connectivity index (χ4n) is 3.97. The molecule has 0 spiro atoms. The minimum absolute atomic E-state index is 0.100. The van der Waals surface area contributed by atoms with Gasteiger partial charge in [-0.25, -0.2) is 4.79 Å². The van der Waals surface area contributed by atoms with Crippen molar-refractivity contribution < 1.29 is 14.3 Å².